The maximum Gasteiger partial charge on any atom is 0.147 e. The molecule has 1 aromatic rings. The highest BCUT2D eigenvalue weighted by Gasteiger charge is 1.83. The zero-order chi connectivity index (χ0) is 5.28. The summed E-state index contributed by atoms with van der Waals surface area (Å²) < 4.78 is 1.68. The Bertz CT molecular complexity index is 140. The smallest absolute Gasteiger partial charge is 0.147 e. The van der Waals surface area contributed by atoms with Crippen LogP contribution in [0, 0.1) is 6.92 Å². The Morgan fingerprint density at radius 3 is 2.38 bits per heavy atom. The fourth-order valence-electron chi connectivity index (χ4n) is 0.447. The van der Waals surface area contributed by atoms with Crippen molar-refractivity contribution in [2.75, 3.05) is 0 Å². The van der Waals surface area contributed by atoms with Crippen LogP contribution < -0.4 is 6.15 Å². The summed E-state index contributed by atoms with van der Waals surface area (Å²) in [6.45, 7) is 1.86. The molecule has 3 N–H and O–H groups in total. The molecule has 4 heteroatoms. The van der Waals surface area contributed by atoms with Crippen LogP contribution in [-0.2, 0) is 7.05 Å². The van der Waals surface area contributed by atoms with Gasteiger partial charge in [0.2, 0.25) is 0 Å². The molecule has 0 spiro atoms. The molecule has 1 rings (SSSR count). The van der Waals surface area contributed by atoms with Crippen LogP contribution in [0.2, 0.25) is 0 Å². The lowest BCUT2D eigenvalue weighted by Crippen LogP contribution is -1.86. The third-order valence-electron chi connectivity index (χ3n) is 0.714. The Kier molecular flexibility index (Phi) is 2.15. The first-order valence-corrected chi connectivity index (χ1v) is 2.11. The van der Waals surface area contributed by atoms with Crippen LogP contribution >= 0.6 is 0 Å². The Labute approximate surface area is 48.1 Å². The van der Waals surface area contributed by atoms with Crippen LogP contribution in [0.25, 0.3) is 0 Å². The molecule has 0 amide bonds. The van der Waals surface area contributed by atoms with Gasteiger partial charge in [-0.15, -0.1) is 0 Å². The molecule has 0 saturated carbocycles. The highest BCUT2D eigenvalue weighted by atomic mass is 15.3. The molecule has 0 aromatic carbocycles. The fraction of sp³-hybridized carbons (Fsp3) is 0.500. The van der Waals surface area contributed by atoms with E-state index in [1.807, 2.05) is 14.0 Å². The van der Waals surface area contributed by atoms with Crippen LogP contribution in [0.1, 0.15) is 5.82 Å². The SMILES string of the molecule is Cc1ncn(C)n1.N. The standard InChI is InChI=1S/C4H7N3.H3N/c1-4-5-3-7(2)6-4;/h3H,1-2H3;1H3. The molecule has 0 aliphatic heterocycles. The maximum atomic E-state index is 3.92. The molecule has 1 aromatic heterocycles. The van der Waals surface area contributed by atoms with Crippen LogP contribution in [0.5, 0.6) is 0 Å². The molecule has 0 atom stereocenters. The predicted octanol–water partition coefficient (Wildman–Crippen LogP) is 0.286. The molecule has 0 aliphatic carbocycles. The number of aromatic nitrogens is 3. The zero-order valence-electron chi connectivity index (χ0n) is 5.13. The number of hydrogen-bond acceptors (Lipinski definition) is 3. The summed E-state index contributed by atoms with van der Waals surface area (Å²) in [5.74, 6) is 0.822. The minimum absolute atomic E-state index is 0. The normalized spacial score (nSPS) is 8.25. The van der Waals surface area contributed by atoms with E-state index in [9.17, 15) is 0 Å². The topological polar surface area (TPSA) is 65.7 Å². The lowest BCUT2D eigenvalue weighted by molar-refractivity contribution is 0.756. The molecule has 0 radical (unpaired) electrons. The van der Waals surface area contributed by atoms with Crippen LogP contribution in [-0.4, -0.2) is 14.8 Å². The van der Waals surface area contributed by atoms with Crippen molar-refractivity contribution in [2.24, 2.45) is 7.05 Å². The molecule has 1 heterocycles. The van der Waals surface area contributed by atoms with E-state index in [1.165, 1.54) is 0 Å². The van der Waals surface area contributed by atoms with Crippen LogP contribution in [0.4, 0.5) is 0 Å². The fourth-order valence-corrected chi connectivity index (χ4v) is 0.447. The largest absolute Gasteiger partial charge is 0.344 e. The minimum atomic E-state index is 0. The summed E-state index contributed by atoms with van der Waals surface area (Å²) in [6.07, 6.45) is 1.68. The lowest BCUT2D eigenvalue weighted by Gasteiger charge is -1.76. The van der Waals surface area contributed by atoms with Crippen molar-refractivity contribution in [3.63, 3.8) is 0 Å². The number of aryl methyl sites for hydroxylation is 2. The molecule has 8 heavy (non-hydrogen) atoms. The van der Waals surface area contributed by atoms with E-state index < -0.39 is 0 Å². The molecular formula is C4H10N4. The van der Waals surface area contributed by atoms with E-state index in [4.69, 9.17) is 0 Å². The van der Waals surface area contributed by atoms with Crippen LogP contribution in [0.3, 0.4) is 0 Å². The van der Waals surface area contributed by atoms with Gasteiger partial charge in [-0.3, -0.25) is 4.68 Å². The molecular weight excluding hydrogens is 104 g/mol. The molecule has 0 unspecified atom stereocenters. The predicted molar refractivity (Wildman–Crippen MR) is 30.8 cm³/mol. The third kappa shape index (κ3) is 1.31. The highest BCUT2D eigenvalue weighted by Crippen LogP contribution is 1.79. The summed E-state index contributed by atoms with van der Waals surface area (Å²) in [5, 5.41) is 3.92. The summed E-state index contributed by atoms with van der Waals surface area (Å²) in [7, 11) is 1.85. The average molecular weight is 114 g/mol. The van der Waals surface area contributed by atoms with E-state index in [1.54, 1.807) is 11.0 Å². The van der Waals surface area contributed by atoms with Gasteiger partial charge in [-0.1, -0.05) is 0 Å². The quantitative estimate of drug-likeness (QED) is 0.527. The lowest BCUT2D eigenvalue weighted by atomic mass is 10.8. The summed E-state index contributed by atoms with van der Waals surface area (Å²) in [4.78, 5) is 3.87. The van der Waals surface area contributed by atoms with Crippen LogP contribution in [0.15, 0.2) is 6.33 Å². The Morgan fingerprint density at radius 1 is 1.62 bits per heavy atom. The van der Waals surface area contributed by atoms with Gasteiger partial charge in [0.05, 0.1) is 0 Å². The maximum absolute atomic E-state index is 3.92. The third-order valence-corrected chi connectivity index (χ3v) is 0.714. The second-order valence-corrected chi connectivity index (χ2v) is 1.47. The zero-order valence-corrected chi connectivity index (χ0v) is 5.13. The molecule has 0 aliphatic rings. The van der Waals surface area contributed by atoms with Gasteiger partial charge >= 0.3 is 0 Å². The van der Waals surface area contributed by atoms with Gasteiger partial charge in [0.25, 0.3) is 0 Å². The molecule has 0 fully saturated rings. The second-order valence-electron chi connectivity index (χ2n) is 1.47. The van der Waals surface area contributed by atoms with Crippen molar-refractivity contribution < 1.29 is 0 Å². The van der Waals surface area contributed by atoms with Crippen molar-refractivity contribution in [3.8, 4) is 0 Å². The average Bonchev–Trinajstić information content (AvgIpc) is 1.87. The van der Waals surface area contributed by atoms with Gasteiger partial charge in [-0.25, -0.2) is 4.98 Å². The van der Waals surface area contributed by atoms with Crippen molar-refractivity contribution in [3.05, 3.63) is 12.2 Å². The summed E-state index contributed by atoms with van der Waals surface area (Å²) in [6, 6.07) is 0. The summed E-state index contributed by atoms with van der Waals surface area (Å²) >= 11 is 0. The van der Waals surface area contributed by atoms with E-state index in [0.29, 0.717) is 0 Å². The number of rotatable bonds is 0. The second kappa shape index (κ2) is 2.42. The first-order chi connectivity index (χ1) is 3.29. The van der Waals surface area contributed by atoms with Crippen molar-refractivity contribution >= 4 is 0 Å². The van der Waals surface area contributed by atoms with Gasteiger partial charge in [0, 0.05) is 7.05 Å². The molecule has 46 valence electrons. The Morgan fingerprint density at radius 2 is 2.25 bits per heavy atom. The first kappa shape index (κ1) is 7.10. The van der Waals surface area contributed by atoms with E-state index in [-0.39, 0.29) is 6.15 Å². The Balaban J connectivity index is 0.000000490. The van der Waals surface area contributed by atoms with Crippen molar-refractivity contribution in [1.29, 1.82) is 0 Å². The highest BCUT2D eigenvalue weighted by molar-refractivity contribution is 4.72. The molecule has 0 bridgehead atoms. The van der Waals surface area contributed by atoms with E-state index in [2.05, 4.69) is 10.1 Å². The molecule has 0 saturated heterocycles. The molecule has 4 nitrogen and oxygen atoms in total. The van der Waals surface area contributed by atoms with Gasteiger partial charge in [0.15, 0.2) is 0 Å². The van der Waals surface area contributed by atoms with Crippen molar-refractivity contribution in [2.45, 2.75) is 6.92 Å². The minimum Gasteiger partial charge on any atom is -0.344 e. The Hall–Kier alpha value is -0.900. The number of hydrogen-bond donors (Lipinski definition) is 1. The van der Waals surface area contributed by atoms with Crippen molar-refractivity contribution in [1.82, 2.24) is 20.9 Å². The van der Waals surface area contributed by atoms with Gasteiger partial charge in [-0.05, 0) is 6.92 Å². The van der Waals surface area contributed by atoms with Gasteiger partial charge < -0.3 is 6.15 Å². The number of nitrogens with zero attached hydrogens (tertiary/aromatic N) is 3. The van der Waals surface area contributed by atoms with Gasteiger partial charge in [0.1, 0.15) is 12.2 Å². The van der Waals surface area contributed by atoms with Gasteiger partial charge in [-0.2, -0.15) is 5.10 Å². The van der Waals surface area contributed by atoms with E-state index in [0.717, 1.165) is 5.82 Å². The van der Waals surface area contributed by atoms with E-state index >= 15 is 0 Å². The first-order valence-electron chi connectivity index (χ1n) is 2.11. The monoisotopic (exact) mass is 114 g/mol. The summed E-state index contributed by atoms with van der Waals surface area (Å²) in [5.41, 5.74) is 0.